The molecular formula is C16H18N4O3. The van der Waals surface area contributed by atoms with Crippen molar-refractivity contribution in [1.82, 2.24) is 14.3 Å². The molecule has 0 N–H and O–H groups in total. The highest BCUT2D eigenvalue weighted by molar-refractivity contribution is 5.96. The minimum Gasteiger partial charge on any atom is -0.497 e. The maximum absolute atomic E-state index is 12.6. The predicted octanol–water partition coefficient (Wildman–Crippen LogP) is 2.16. The molecule has 0 spiro atoms. The van der Waals surface area contributed by atoms with E-state index in [0.29, 0.717) is 12.4 Å². The molecule has 120 valence electrons. The van der Waals surface area contributed by atoms with Crippen molar-refractivity contribution in [3.63, 3.8) is 0 Å². The van der Waals surface area contributed by atoms with Crippen LogP contribution in [0, 0.1) is 0 Å². The second-order valence-electron chi connectivity index (χ2n) is 5.98. The Hall–Kier alpha value is -2.57. The smallest absolute Gasteiger partial charge is 0.354 e. The van der Waals surface area contributed by atoms with E-state index < -0.39 is 0 Å². The van der Waals surface area contributed by atoms with Crippen LogP contribution in [0.3, 0.4) is 0 Å². The Morgan fingerprint density at radius 1 is 1.13 bits per heavy atom. The standard InChI is InChI=1S/C16H18N4O3/c1-23-13-8-6-11(7-9-13)18-10-14-17-20(12-4-2-3-5-12)16(22)19(14)15(18)21/h6-9,12H,2-5,10H2,1H3. The van der Waals surface area contributed by atoms with Gasteiger partial charge >= 0.3 is 11.7 Å². The van der Waals surface area contributed by atoms with Gasteiger partial charge in [0.15, 0.2) is 5.82 Å². The van der Waals surface area contributed by atoms with Gasteiger partial charge < -0.3 is 4.74 Å². The summed E-state index contributed by atoms with van der Waals surface area (Å²) in [4.78, 5) is 26.7. The van der Waals surface area contributed by atoms with Crippen molar-refractivity contribution in [2.24, 2.45) is 0 Å². The molecule has 0 bridgehead atoms. The summed E-state index contributed by atoms with van der Waals surface area (Å²) in [5.41, 5.74) is 0.418. The number of aromatic nitrogens is 3. The highest BCUT2D eigenvalue weighted by atomic mass is 16.5. The monoisotopic (exact) mass is 314 g/mol. The lowest BCUT2D eigenvalue weighted by atomic mass is 10.3. The van der Waals surface area contributed by atoms with Crippen LogP contribution < -0.4 is 15.3 Å². The van der Waals surface area contributed by atoms with E-state index in [4.69, 9.17) is 4.74 Å². The van der Waals surface area contributed by atoms with Crippen molar-refractivity contribution >= 4 is 11.7 Å². The van der Waals surface area contributed by atoms with Gasteiger partial charge in [-0.15, -0.1) is 0 Å². The molecular weight excluding hydrogens is 296 g/mol. The van der Waals surface area contributed by atoms with Crippen LogP contribution in [0.25, 0.3) is 0 Å². The highest BCUT2D eigenvalue weighted by Gasteiger charge is 2.35. The summed E-state index contributed by atoms with van der Waals surface area (Å²) in [5.74, 6) is 1.24. The van der Waals surface area contributed by atoms with Crippen molar-refractivity contribution in [2.75, 3.05) is 12.0 Å². The number of hydrogen-bond donors (Lipinski definition) is 0. The van der Waals surface area contributed by atoms with E-state index in [1.54, 1.807) is 36.3 Å². The van der Waals surface area contributed by atoms with E-state index in [-0.39, 0.29) is 17.8 Å². The molecule has 1 aliphatic carbocycles. The van der Waals surface area contributed by atoms with Gasteiger partial charge in [-0.1, -0.05) is 12.8 Å². The molecule has 2 aromatic rings. The third kappa shape index (κ3) is 2.15. The van der Waals surface area contributed by atoms with Gasteiger partial charge in [0.2, 0.25) is 0 Å². The highest BCUT2D eigenvalue weighted by Crippen LogP contribution is 2.29. The SMILES string of the molecule is COc1ccc(N2Cc3nn(C4CCCC4)c(=O)n3C2=O)cc1. The first kappa shape index (κ1) is 14.0. The van der Waals surface area contributed by atoms with Gasteiger partial charge in [0.1, 0.15) is 5.75 Å². The second kappa shape index (κ2) is 5.26. The number of rotatable bonds is 3. The molecule has 1 saturated carbocycles. The summed E-state index contributed by atoms with van der Waals surface area (Å²) >= 11 is 0. The first-order chi connectivity index (χ1) is 11.2. The molecule has 2 aliphatic rings. The van der Waals surface area contributed by atoms with Gasteiger partial charge in [-0.3, -0.25) is 4.90 Å². The molecule has 0 atom stereocenters. The van der Waals surface area contributed by atoms with Gasteiger partial charge in [-0.25, -0.2) is 14.3 Å². The number of anilines is 1. The first-order valence-electron chi connectivity index (χ1n) is 7.85. The number of nitrogens with zero attached hydrogens (tertiary/aromatic N) is 4. The molecule has 4 rings (SSSR count). The third-order valence-electron chi connectivity index (χ3n) is 4.64. The second-order valence-corrected chi connectivity index (χ2v) is 5.98. The van der Waals surface area contributed by atoms with Crippen molar-refractivity contribution in [1.29, 1.82) is 0 Å². The Labute approximate surface area is 133 Å². The molecule has 0 saturated heterocycles. The molecule has 7 heteroatoms. The van der Waals surface area contributed by atoms with Crippen molar-refractivity contribution in [2.45, 2.75) is 38.3 Å². The summed E-state index contributed by atoms with van der Waals surface area (Å²) in [6.07, 6.45) is 4.16. The minimum atomic E-state index is -0.334. The number of carbonyl (C=O) groups excluding carboxylic acids is 1. The fourth-order valence-electron chi connectivity index (χ4n) is 3.40. The number of methoxy groups -OCH3 is 1. The molecule has 1 aromatic carbocycles. The number of benzene rings is 1. The fraction of sp³-hybridized carbons (Fsp3) is 0.438. The van der Waals surface area contributed by atoms with E-state index in [1.165, 1.54) is 9.25 Å². The van der Waals surface area contributed by atoms with Crippen LogP contribution in [0.5, 0.6) is 5.75 Å². The first-order valence-corrected chi connectivity index (χ1v) is 7.85. The third-order valence-corrected chi connectivity index (χ3v) is 4.64. The Bertz CT molecular complexity index is 800. The molecule has 7 nitrogen and oxygen atoms in total. The molecule has 1 amide bonds. The maximum atomic E-state index is 12.6. The predicted molar refractivity (Wildman–Crippen MR) is 84.0 cm³/mol. The lowest BCUT2D eigenvalue weighted by molar-refractivity contribution is 0.249. The topological polar surface area (TPSA) is 69.4 Å². The van der Waals surface area contributed by atoms with Crippen molar-refractivity contribution in [3.8, 4) is 5.75 Å². The molecule has 1 aromatic heterocycles. The van der Waals surface area contributed by atoms with E-state index in [0.717, 1.165) is 37.1 Å². The zero-order chi connectivity index (χ0) is 16.0. The Morgan fingerprint density at radius 3 is 2.43 bits per heavy atom. The number of amides is 1. The van der Waals surface area contributed by atoms with Crippen LogP contribution in [0.2, 0.25) is 0 Å². The Morgan fingerprint density at radius 2 is 1.83 bits per heavy atom. The summed E-state index contributed by atoms with van der Waals surface area (Å²) in [6, 6.07) is 7.00. The number of carbonyl (C=O) groups is 1. The largest absolute Gasteiger partial charge is 0.497 e. The molecule has 0 unspecified atom stereocenters. The Kier molecular flexibility index (Phi) is 3.21. The van der Waals surface area contributed by atoms with Crippen LogP contribution in [0.1, 0.15) is 37.5 Å². The van der Waals surface area contributed by atoms with Crippen LogP contribution in [-0.4, -0.2) is 27.5 Å². The van der Waals surface area contributed by atoms with Crippen molar-refractivity contribution < 1.29 is 9.53 Å². The van der Waals surface area contributed by atoms with E-state index in [2.05, 4.69) is 5.10 Å². The fourth-order valence-corrected chi connectivity index (χ4v) is 3.40. The van der Waals surface area contributed by atoms with Crippen molar-refractivity contribution in [3.05, 3.63) is 40.6 Å². The van der Waals surface area contributed by atoms with Crippen LogP contribution >= 0.6 is 0 Å². The number of hydrogen-bond acceptors (Lipinski definition) is 4. The molecule has 1 aliphatic heterocycles. The average Bonchev–Trinajstić information content (AvgIpc) is 3.26. The van der Waals surface area contributed by atoms with Gasteiger partial charge in [0.05, 0.1) is 19.7 Å². The van der Waals surface area contributed by atoms with Gasteiger partial charge in [-0.05, 0) is 37.1 Å². The summed E-state index contributed by atoms with van der Waals surface area (Å²) < 4.78 is 7.83. The molecule has 2 heterocycles. The van der Waals surface area contributed by atoms with E-state index in [1.807, 2.05) is 0 Å². The number of ether oxygens (including phenoxy) is 1. The van der Waals surface area contributed by atoms with Crippen LogP contribution in [-0.2, 0) is 6.54 Å². The average molecular weight is 314 g/mol. The van der Waals surface area contributed by atoms with E-state index in [9.17, 15) is 9.59 Å². The lowest BCUT2D eigenvalue weighted by Gasteiger charge is -2.15. The molecule has 23 heavy (non-hydrogen) atoms. The zero-order valence-corrected chi connectivity index (χ0v) is 12.9. The quantitative estimate of drug-likeness (QED) is 0.870. The summed E-state index contributed by atoms with van der Waals surface area (Å²) in [5, 5.41) is 4.41. The summed E-state index contributed by atoms with van der Waals surface area (Å²) in [6.45, 7) is 0.320. The van der Waals surface area contributed by atoms with E-state index >= 15 is 0 Å². The van der Waals surface area contributed by atoms with Gasteiger partial charge in [0, 0.05) is 5.69 Å². The lowest BCUT2D eigenvalue weighted by Crippen LogP contribution is -2.35. The zero-order valence-electron chi connectivity index (χ0n) is 12.9. The number of fused-ring (bicyclic) bond motifs is 1. The minimum absolute atomic E-state index is 0.142. The summed E-state index contributed by atoms with van der Waals surface area (Å²) in [7, 11) is 1.59. The Balaban J connectivity index is 1.65. The molecule has 0 radical (unpaired) electrons. The molecule has 1 fully saturated rings. The van der Waals surface area contributed by atoms with Gasteiger partial charge in [-0.2, -0.15) is 9.67 Å². The maximum Gasteiger partial charge on any atom is 0.354 e. The van der Waals surface area contributed by atoms with Crippen LogP contribution in [0.4, 0.5) is 10.5 Å². The normalized spacial score (nSPS) is 17.8. The van der Waals surface area contributed by atoms with Crippen LogP contribution in [0.15, 0.2) is 29.1 Å². The van der Waals surface area contributed by atoms with Gasteiger partial charge in [0.25, 0.3) is 0 Å².